The van der Waals surface area contributed by atoms with E-state index in [9.17, 15) is 0 Å². The Labute approximate surface area is 83.3 Å². The zero-order chi connectivity index (χ0) is 9.10. The molecule has 2 nitrogen and oxygen atoms in total. The van der Waals surface area contributed by atoms with Gasteiger partial charge in [0, 0.05) is 18.4 Å². The maximum atomic E-state index is 5.96. The van der Waals surface area contributed by atoms with Gasteiger partial charge in [0.2, 0.25) is 0 Å². The summed E-state index contributed by atoms with van der Waals surface area (Å²) in [7, 11) is 0. The second-order valence-electron chi connectivity index (χ2n) is 3.45. The topological polar surface area (TPSA) is 24.9 Å². The van der Waals surface area contributed by atoms with Crippen LogP contribution >= 0.6 is 11.6 Å². The van der Waals surface area contributed by atoms with Crippen LogP contribution in [-0.2, 0) is 6.42 Å². The van der Waals surface area contributed by atoms with E-state index in [1.165, 1.54) is 18.4 Å². The molecule has 1 aliphatic rings. The number of aromatic nitrogens is 1. The van der Waals surface area contributed by atoms with Crippen molar-refractivity contribution in [3.8, 4) is 0 Å². The van der Waals surface area contributed by atoms with Crippen LogP contribution in [0.5, 0.6) is 0 Å². The number of rotatable bonds is 4. The van der Waals surface area contributed by atoms with Gasteiger partial charge >= 0.3 is 0 Å². The predicted octanol–water partition coefficient (Wildman–Crippen LogP) is 2.03. The molecule has 1 saturated carbocycles. The Balaban J connectivity index is 1.82. The summed E-state index contributed by atoms with van der Waals surface area (Å²) in [5.74, 6) is 0. The summed E-state index contributed by atoms with van der Waals surface area (Å²) in [4.78, 5) is 3.95. The van der Waals surface area contributed by atoms with E-state index in [0.29, 0.717) is 0 Å². The molecule has 0 atom stereocenters. The van der Waals surface area contributed by atoms with Gasteiger partial charge in [-0.15, -0.1) is 0 Å². The molecule has 0 spiro atoms. The zero-order valence-electron chi connectivity index (χ0n) is 7.46. The number of hydrogen-bond donors (Lipinski definition) is 1. The van der Waals surface area contributed by atoms with Crippen LogP contribution in [0.15, 0.2) is 18.5 Å². The van der Waals surface area contributed by atoms with E-state index in [2.05, 4.69) is 10.3 Å². The summed E-state index contributed by atoms with van der Waals surface area (Å²) in [6.45, 7) is 1.02. The molecule has 1 N–H and O–H groups in total. The molecule has 0 saturated heterocycles. The van der Waals surface area contributed by atoms with Crippen LogP contribution in [0, 0.1) is 0 Å². The number of nitrogens with zero attached hydrogens (tertiary/aromatic N) is 1. The van der Waals surface area contributed by atoms with Gasteiger partial charge in [-0.25, -0.2) is 0 Å². The summed E-state index contributed by atoms with van der Waals surface area (Å²) in [6, 6.07) is 2.76. The van der Waals surface area contributed by atoms with E-state index in [4.69, 9.17) is 11.6 Å². The first kappa shape index (κ1) is 8.97. The monoisotopic (exact) mass is 196 g/mol. The molecule has 0 amide bonds. The molecule has 0 aliphatic heterocycles. The molecule has 70 valence electrons. The summed E-state index contributed by atoms with van der Waals surface area (Å²) in [5, 5.41) is 4.23. The van der Waals surface area contributed by atoms with Gasteiger partial charge in [0.05, 0.1) is 5.02 Å². The molecule has 0 aromatic carbocycles. The fraction of sp³-hybridized carbons (Fsp3) is 0.500. The van der Waals surface area contributed by atoms with Crippen LogP contribution in [0.25, 0.3) is 0 Å². The van der Waals surface area contributed by atoms with Crippen molar-refractivity contribution in [2.24, 2.45) is 0 Å². The molecule has 3 heteroatoms. The normalized spacial score (nSPS) is 16.1. The fourth-order valence-electron chi connectivity index (χ4n) is 1.31. The second kappa shape index (κ2) is 4.07. The molecule has 1 aliphatic carbocycles. The smallest absolute Gasteiger partial charge is 0.0621 e. The SMILES string of the molecule is Clc1cnccc1CCNC1CC1. The van der Waals surface area contributed by atoms with Crippen molar-refractivity contribution < 1.29 is 0 Å². The lowest BCUT2D eigenvalue weighted by molar-refractivity contribution is 0.682. The molecule has 0 unspecified atom stereocenters. The maximum absolute atomic E-state index is 5.96. The van der Waals surface area contributed by atoms with Gasteiger partial charge in [0.1, 0.15) is 0 Å². The van der Waals surface area contributed by atoms with Crippen molar-refractivity contribution in [1.29, 1.82) is 0 Å². The van der Waals surface area contributed by atoms with Crippen molar-refractivity contribution in [2.45, 2.75) is 25.3 Å². The molecule has 0 radical (unpaired) electrons. The third kappa shape index (κ3) is 2.68. The number of pyridine rings is 1. The molecule has 1 heterocycles. The van der Waals surface area contributed by atoms with Crippen LogP contribution in [0.4, 0.5) is 0 Å². The Morgan fingerprint density at radius 1 is 1.54 bits per heavy atom. The van der Waals surface area contributed by atoms with Gasteiger partial charge in [-0.05, 0) is 37.4 Å². The second-order valence-corrected chi connectivity index (χ2v) is 3.85. The lowest BCUT2D eigenvalue weighted by atomic mass is 10.2. The minimum absolute atomic E-state index is 0.778. The first-order valence-electron chi connectivity index (χ1n) is 4.68. The van der Waals surface area contributed by atoms with Crippen LogP contribution in [-0.4, -0.2) is 17.6 Å². The quantitative estimate of drug-likeness (QED) is 0.797. The van der Waals surface area contributed by atoms with E-state index >= 15 is 0 Å². The first-order valence-corrected chi connectivity index (χ1v) is 5.06. The van der Waals surface area contributed by atoms with Gasteiger partial charge in [0.15, 0.2) is 0 Å². The van der Waals surface area contributed by atoms with E-state index < -0.39 is 0 Å². The molecule has 0 bridgehead atoms. The van der Waals surface area contributed by atoms with Crippen molar-refractivity contribution in [2.75, 3.05) is 6.54 Å². The van der Waals surface area contributed by atoms with Gasteiger partial charge in [-0.3, -0.25) is 4.98 Å². The minimum Gasteiger partial charge on any atom is -0.314 e. The van der Waals surface area contributed by atoms with E-state index in [-0.39, 0.29) is 0 Å². The largest absolute Gasteiger partial charge is 0.314 e. The molecule has 1 fully saturated rings. The first-order chi connectivity index (χ1) is 6.36. The standard InChI is InChI=1S/C10H13ClN2/c11-10-7-12-5-3-8(10)4-6-13-9-1-2-9/h3,5,7,9,13H,1-2,4,6H2. The third-order valence-corrected chi connectivity index (χ3v) is 2.60. The lowest BCUT2D eigenvalue weighted by Gasteiger charge is -2.03. The molecular weight excluding hydrogens is 184 g/mol. The Morgan fingerprint density at radius 2 is 2.38 bits per heavy atom. The van der Waals surface area contributed by atoms with Gasteiger partial charge in [-0.1, -0.05) is 11.6 Å². The van der Waals surface area contributed by atoms with Crippen LogP contribution in [0.1, 0.15) is 18.4 Å². The van der Waals surface area contributed by atoms with E-state index in [1.54, 1.807) is 12.4 Å². The third-order valence-electron chi connectivity index (χ3n) is 2.26. The highest BCUT2D eigenvalue weighted by atomic mass is 35.5. The highest BCUT2D eigenvalue weighted by Crippen LogP contribution is 2.19. The van der Waals surface area contributed by atoms with Crippen LogP contribution in [0.2, 0.25) is 5.02 Å². The molecule has 2 rings (SSSR count). The summed E-state index contributed by atoms with van der Waals surface area (Å²) in [6.07, 6.45) is 7.17. The van der Waals surface area contributed by atoms with Crippen molar-refractivity contribution >= 4 is 11.6 Å². The number of halogens is 1. The Bertz CT molecular complexity index is 284. The number of nitrogens with one attached hydrogen (secondary N) is 1. The number of hydrogen-bond acceptors (Lipinski definition) is 2. The molecule has 1 aromatic rings. The Morgan fingerprint density at radius 3 is 3.08 bits per heavy atom. The van der Waals surface area contributed by atoms with Gasteiger partial charge < -0.3 is 5.32 Å². The van der Waals surface area contributed by atoms with Gasteiger partial charge in [0.25, 0.3) is 0 Å². The summed E-state index contributed by atoms with van der Waals surface area (Å²) < 4.78 is 0. The Hall–Kier alpha value is -0.600. The molecule has 13 heavy (non-hydrogen) atoms. The van der Waals surface area contributed by atoms with Gasteiger partial charge in [-0.2, -0.15) is 0 Å². The maximum Gasteiger partial charge on any atom is 0.0621 e. The molecular formula is C10H13ClN2. The summed E-state index contributed by atoms with van der Waals surface area (Å²) in [5.41, 5.74) is 1.19. The zero-order valence-corrected chi connectivity index (χ0v) is 8.22. The highest BCUT2D eigenvalue weighted by Gasteiger charge is 2.19. The average molecular weight is 197 g/mol. The summed E-state index contributed by atoms with van der Waals surface area (Å²) >= 11 is 5.96. The molecule has 1 aromatic heterocycles. The van der Waals surface area contributed by atoms with Crippen molar-refractivity contribution in [3.63, 3.8) is 0 Å². The van der Waals surface area contributed by atoms with Crippen molar-refractivity contribution in [1.82, 2.24) is 10.3 Å². The van der Waals surface area contributed by atoms with Crippen LogP contribution < -0.4 is 5.32 Å². The lowest BCUT2D eigenvalue weighted by Crippen LogP contribution is -2.19. The minimum atomic E-state index is 0.778. The van der Waals surface area contributed by atoms with Crippen LogP contribution in [0.3, 0.4) is 0 Å². The highest BCUT2D eigenvalue weighted by molar-refractivity contribution is 6.31. The van der Waals surface area contributed by atoms with E-state index in [1.807, 2.05) is 6.07 Å². The van der Waals surface area contributed by atoms with E-state index in [0.717, 1.165) is 24.0 Å². The van der Waals surface area contributed by atoms with Crippen molar-refractivity contribution in [3.05, 3.63) is 29.0 Å². The average Bonchev–Trinajstić information content (AvgIpc) is 2.92. The Kier molecular flexibility index (Phi) is 2.81. The predicted molar refractivity (Wildman–Crippen MR) is 54.0 cm³/mol. The fourth-order valence-corrected chi connectivity index (χ4v) is 1.52.